The third-order valence-corrected chi connectivity index (χ3v) is 4.48. The van der Waals surface area contributed by atoms with Gasteiger partial charge in [-0.2, -0.15) is 5.26 Å². The lowest BCUT2D eigenvalue weighted by Crippen LogP contribution is -2.41. The number of nitriles is 1. The fraction of sp³-hybridized carbons (Fsp3) is 0.389. The lowest BCUT2D eigenvalue weighted by molar-refractivity contribution is -0.148. The van der Waals surface area contributed by atoms with Gasteiger partial charge in [-0.1, -0.05) is 12.1 Å². The number of carbonyl (C=O) groups is 1. The second kappa shape index (κ2) is 7.28. The smallest absolute Gasteiger partial charge is 0.327 e. The van der Waals surface area contributed by atoms with Crippen molar-refractivity contribution in [2.24, 2.45) is 0 Å². The number of H-pyrrole nitrogens is 1. The van der Waals surface area contributed by atoms with E-state index in [0.29, 0.717) is 5.56 Å². The summed E-state index contributed by atoms with van der Waals surface area (Å²) in [5.74, 6) is 0.916. The summed E-state index contributed by atoms with van der Waals surface area (Å²) in [6.07, 6.45) is 5.60. The topological polar surface area (TPSA) is 82.0 Å². The van der Waals surface area contributed by atoms with Crippen LogP contribution in [0.4, 0.5) is 0 Å². The summed E-state index contributed by atoms with van der Waals surface area (Å²) >= 11 is 0. The molecule has 2 aromatic rings. The van der Waals surface area contributed by atoms with Crippen molar-refractivity contribution in [3.05, 3.63) is 53.6 Å². The molecule has 1 aromatic heterocycles. The zero-order valence-corrected chi connectivity index (χ0v) is 13.6. The highest BCUT2D eigenvalue weighted by Crippen LogP contribution is 2.31. The van der Waals surface area contributed by atoms with Crippen molar-refractivity contribution in [2.75, 3.05) is 20.2 Å². The first-order valence-electron chi connectivity index (χ1n) is 8.04. The second-order valence-corrected chi connectivity index (χ2v) is 5.97. The van der Waals surface area contributed by atoms with Gasteiger partial charge in [0.25, 0.3) is 0 Å². The maximum absolute atomic E-state index is 12.4. The predicted molar refractivity (Wildman–Crippen MR) is 88.0 cm³/mol. The molecule has 0 spiro atoms. The standard InChI is InChI=1S/C18H20N4O2/c1-24-18(23)16(14-5-2-4-13(10-14)11-19)22-9-3-6-15(12-22)17-20-7-8-21-17/h2,4-5,7-8,10,15-16H,3,6,9,12H2,1H3,(H,20,21)/t15-,16-/m0/s1. The van der Waals surface area contributed by atoms with Crippen LogP contribution < -0.4 is 0 Å². The molecule has 1 N–H and O–H groups in total. The van der Waals surface area contributed by atoms with Crippen molar-refractivity contribution in [3.63, 3.8) is 0 Å². The van der Waals surface area contributed by atoms with Gasteiger partial charge < -0.3 is 9.72 Å². The van der Waals surface area contributed by atoms with Gasteiger partial charge in [0.2, 0.25) is 0 Å². The Bertz CT molecular complexity index is 736. The van der Waals surface area contributed by atoms with E-state index >= 15 is 0 Å². The number of benzene rings is 1. The molecule has 0 amide bonds. The average Bonchev–Trinajstić information content (AvgIpc) is 3.17. The summed E-state index contributed by atoms with van der Waals surface area (Å²) in [6.45, 7) is 1.54. The molecule has 6 heteroatoms. The number of likely N-dealkylation sites (tertiary alicyclic amines) is 1. The van der Waals surface area contributed by atoms with Gasteiger partial charge in [0.15, 0.2) is 0 Å². The van der Waals surface area contributed by atoms with Gasteiger partial charge in [-0.05, 0) is 37.1 Å². The maximum atomic E-state index is 12.4. The van der Waals surface area contributed by atoms with Gasteiger partial charge >= 0.3 is 5.97 Å². The number of aromatic amines is 1. The number of carbonyl (C=O) groups excluding carboxylic acids is 1. The number of aromatic nitrogens is 2. The van der Waals surface area contributed by atoms with Crippen molar-refractivity contribution in [1.82, 2.24) is 14.9 Å². The molecule has 0 saturated carbocycles. The van der Waals surface area contributed by atoms with Crippen LogP contribution in [0.2, 0.25) is 0 Å². The number of rotatable bonds is 4. The molecule has 0 unspecified atom stereocenters. The third-order valence-electron chi connectivity index (χ3n) is 4.48. The Morgan fingerprint density at radius 2 is 2.42 bits per heavy atom. The van der Waals surface area contributed by atoms with Gasteiger partial charge in [-0.15, -0.1) is 0 Å². The Balaban J connectivity index is 1.88. The van der Waals surface area contributed by atoms with Gasteiger partial charge in [0, 0.05) is 24.9 Å². The number of piperidine rings is 1. The molecule has 1 aliphatic rings. The minimum absolute atomic E-state index is 0.264. The largest absolute Gasteiger partial charge is 0.468 e. The minimum Gasteiger partial charge on any atom is -0.468 e. The molecule has 6 nitrogen and oxygen atoms in total. The highest BCUT2D eigenvalue weighted by atomic mass is 16.5. The molecule has 2 atom stereocenters. The van der Waals surface area contributed by atoms with E-state index in [1.807, 2.05) is 12.3 Å². The van der Waals surface area contributed by atoms with Crippen LogP contribution in [0.1, 0.15) is 41.8 Å². The second-order valence-electron chi connectivity index (χ2n) is 5.97. The van der Waals surface area contributed by atoms with E-state index in [1.165, 1.54) is 7.11 Å². The number of hydrogen-bond donors (Lipinski definition) is 1. The molecule has 124 valence electrons. The molecule has 2 heterocycles. The molecule has 0 aliphatic carbocycles. The predicted octanol–water partition coefficient (Wildman–Crippen LogP) is 2.38. The Hall–Kier alpha value is -2.65. The van der Waals surface area contributed by atoms with Crippen LogP contribution in [0.25, 0.3) is 0 Å². The number of ether oxygens (including phenoxy) is 1. The summed E-state index contributed by atoms with van der Waals surface area (Å²) in [4.78, 5) is 22.1. The van der Waals surface area contributed by atoms with Crippen molar-refractivity contribution in [1.29, 1.82) is 5.26 Å². The van der Waals surface area contributed by atoms with Crippen LogP contribution in [0.5, 0.6) is 0 Å². The Morgan fingerprint density at radius 1 is 1.54 bits per heavy atom. The summed E-state index contributed by atoms with van der Waals surface area (Å²) in [6, 6.07) is 8.80. The first-order valence-corrected chi connectivity index (χ1v) is 8.04. The molecule has 24 heavy (non-hydrogen) atoms. The third kappa shape index (κ3) is 3.31. The van der Waals surface area contributed by atoms with E-state index in [1.54, 1.807) is 24.4 Å². The Labute approximate surface area is 141 Å². The van der Waals surface area contributed by atoms with E-state index in [9.17, 15) is 4.79 Å². The van der Waals surface area contributed by atoms with Crippen LogP contribution in [0.15, 0.2) is 36.7 Å². The summed E-state index contributed by atoms with van der Waals surface area (Å²) < 4.78 is 5.03. The maximum Gasteiger partial charge on any atom is 0.327 e. The van der Waals surface area contributed by atoms with Gasteiger partial charge in [-0.3, -0.25) is 4.90 Å². The number of methoxy groups -OCH3 is 1. The normalized spacial score (nSPS) is 19.4. The molecule has 1 aromatic carbocycles. The van der Waals surface area contributed by atoms with Crippen LogP contribution >= 0.6 is 0 Å². The highest BCUT2D eigenvalue weighted by molar-refractivity contribution is 5.77. The Morgan fingerprint density at radius 3 is 3.12 bits per heavy atom. The molecule has 1 aliphatic heterocycles. The molecule has 0 bridgehead atoms. The number of hydrogen-bond acceptors (Lipinski definition) is 5. The van der Waals surface area contributed by atoms with Crippen LogP contribution in [0, 0.1) is 11.3 Å². The van der Waals surface area contributed by atoms with Gasteiger partial charge in [0.1, 0.15) is 11.9 Å². The lowest BCUT2D eigenvalue weighted by atomic mass is 9.93. The monoisotopic (exact) mass is 324 g/mol. The number of nitrogens with zero attached hydrogens (tertiary/aromatic N) is 3. The van der Waals surface area contributed by atoms with Crippen LogP contribution in [-0.2, 0) is 9.53 Å². The SMILES string of the molecule is COC(=O)[C@H](c1cccc(C#N)c1)N1CCC[C@H](c2ncc[nH]2)C1. The Kier molecular flexibility index (Phi) is 4.92. The van der Waals surface area contributed by atoms with Crippen molar-refractivity contribution in [3.8, 4) is 6.07 Å². The van der Waals surface area contributed by atoms with Crippen molar-refractivity contribution >= 4 is 5.97 Å². The molecule has 3 rings (SSSR count). The zero-order valence-electron chi connectivity index (χ0n) is 13.6. The van der Waals surface area contributed by atoms with Crippen molar-refractivity contribution < 1.29 is 9.53 Å². The average molecular weight is 324 g/mol. The summed E-state index contributed by atoms with van der Waals surface area (Å²) in [7, 11) is 1.40. The zero-order chi connectivity index (χ0) is 16.9. The summed E-state index contributed by atoms with van der Waals surface area (Å²) in [5.41, 5.74) is 1.34. The van der Waals surface area contributed by atoms with Crippen molar-refractivity contribution in [2.45, 2.75) is 24.8 Å². The quantitative estimate of drug-likeness (QED) is 0.873. The van der Waals surface area contributed by atoms with E-state index in [-0.39, 0.29) is 11.9 Å². The first kappa shape index (κ1) is 16.2. The molecular formula is C18H20N4O2. The number of imidazole rings is 1. The van der Waals surface area contributed by atoms with E-state index in [4.69, 9.17) is 10.00 Å². The van der Waals surface area contributed by atoms with Crippen LogP contribution in [-0.4, -0.2) is 41.0 Å². The lowest BCUT2D eigenvalue weighted by Gasteiger charge is -2.36. The fourth-order valence-corrected chi connectivity index (χ4v) is 3.35. The van der Waals surface area contributed by atoms with E-state index < -0.39 is 6.04 Å². The van der Waals surface area contributed by atoms with Gasteiger partial charge in [0.05, 0.1) is 18.7 Å². The number of nitrogens with one attached hydrogen (secondary N) is 1. The van der Waals surface area contributed by atoms with E-state index in [2.05, 4.69) is 20.9 Å². The van der Waals surface area contributed by atoms with Crippen LogP contribution in [0.3, 0.4) is 0 Å². The number of esters is 1. The summed E-state index contributed by atoms with van der Waals surface area (Å²) in [5, 5.41) is 9.12. The first-order chi connectivity index (χ1) is 11.7. The van der Waals surface area contributed by atoms with E-state index in [0.717, 1.165) is 37.3 Å². The molecular weight excluding hydrogens is 304 g/mol. The highest BCUT2D eigenvalue weighted by Gasteiger charge is 2.33. The van der Waals surface area contributed by atoms with Gasteiger partial charge in [-0.25, -0.2) is 9.78 Å². The minimum atomic E-state index is -0.499. The molecule has 1 saturated heterocycles. The molecule has 1 fully saturated rings. The fourth-order valence-electron chi connectivity index (χ4n) is 3.35. The molecule has 0 radical (unpaired) electrons.